The zero-order chi connectivity index (χ0) is 15.4. The molecule has 0 unspecified atom stereocenters. The van der Waals surface area contributed by atoms with Gasteiger partial charge in [-0.15, -0.1) is 11.3 Å². The number of aromatic carboxylic acids is 1. The molecule has 0 saturated heterocycles. The molecule has 2 aromatic rings. The van der Waals surface area contributed by atoms with E-state index in [9.17, 15) is 4.79 Å². The summed E-state index contributed by atoms with van der Waals surface area (Å²) in [5.74, 6) is 0.280. The number of carboxylic acids is 1. The quantitative estimate of drug-likeness (QED) is 0.884. The SMILES string of the molecule is COc1ccc(C(=O)O)cc1OCc1csc(C(C)C)n1. The van der Waals surface area contributed by atoms with Gasteiger partial charge >= 0.3 is 5.97 Å². The Kier molecular flexibility index (Phi) is 4.80. The predicted octanol–water partition coefficient (Wildman–Crippen LogP) is 3.55. The first-order valence-corrected chi connectivity index (χ1v) is 7.37. The van der Waals surface area contributed by atoms with Gasteiger partial charge in [0, 0.05) is 11.3 Å². The zero-order valence-corrected chi connectivity index (χ0v) is 12.9. The first kappa shape index (κ1) is 15.3. The summed E-state index contributed by atoms with van der Waals surface area (Å²) in [6.07, 6.45) is 0. The molecule has 1 heterocycles. The first-order chi connectivity index (χ1) is 10.0. The van der Waals surface area contributed by atoms with Gasteiger partial charge in [0.1, 0.15) is 6.61 Å². The Bertz CT molecular complexity index is 636. The molecule has 112 valence electrons. The number of carbonyl (C=O) groups is 1. The summed E-state index contributed by atoms with van der Waals surface area (Å²) in [6, 6.07) is 4.52. The average Bonchev–Trinajstić information content (AvgIpc) is 2.93. The van der Waals surface area contributed by atoms with Crippen LogP contribution in [-0.4, -0.2) is 23.2 Å². The second kappa shape index (κ2) is 6.58. The van der Waals surface area contributed by atoms with Crippen LogP contribution in [0.2, 0.25) is 0 Å². The van der Waals surface area contributed by atoms with E-state index in [-0.39, 0.29) is 12.2 Å². The van der Waals surface area contributed by atoms with Crippen molar-refractivity contribution in [2.24, 2.45) is 0 Å². The number of carboxylic acid groups (broad SMARTS) is 1. The van der Waals surface area contributed by atoms with Crippen LogP contribution >= 0.6 is 11.3 Å². The topological polar surface area (TPSA) is 68.7 Å². The van der Waals surface area contributed by atoms with Gasteiger partial charge in [-0.2, -0.15) is 0 Å². The van der Waals surface area contributed by atoms with E-state index < -0.39 is 5.97 Å². The summed E-state index contributed by atoms with van der Waals surface area (Å²) in [4.78, 5) is 15.5. The number of benzene rings is 1. The summed E-state index contributed by atoms with van der Waals surface area (Å²) < 4.78 is 10.8. The summed E-state index contributed by atoms with van der Waals surface area (Å²) in [7, 11) is 1.52. The van der Waals surface area contributed by atoms with E-state index in [0.29, 0.717) is 17.4 Å². The third-order valence-corrected chi connectivity index (χ3v) is 4.04. The Morgan fingerprint density at radius 2 is 2.14 bits per heavy atom. The number of hydrogen-bond acceptors (Lipinski definition) is 5. The minimum absolute atomic E-state index is 0.159. The molecular formula is C15H17NO4S. The van der Waals surface area contributed by atoms with Gasteiger partial charge in [0.25, 0.3) is 0 Å². The molecule has 0 bridgehead atoms. The summed E-state index contributed by atoms with van der Waals surface area (Å²) in [5, 5.41) is 12.0. The molecule has 0 atom stereocenters. The van der Waals surface area contributed by atoms with Gasteiger partial charge in [0.2, 0.25) is 0 Å². The highest BCUT2D eigenvalue weighted by molar-refractivity contribution is 7.09. The molecule has 6 heteroatoms. The van der Waals surface area contributed by atoms with Crippen LogP contribution in [-0.2, 0) is 6.61 Å². The second-order valence-corrected chi connectivity index (χ2v) is 5.68. The van der Waals surface area contributed by atoms with Gasteiger partial charge in [-0.3, -0.25) is 0 Å². The van der Waals surface area contributed by atoms with Crippen molar-refractivity contribution >= 4 is 17.3 Å². The minimum Gasteiger partial charge on any atom is -0.493 e. The van der Waals surface area contributed by atoms with Crippen molar-refractivity contribution in [3.8, 4) is 11.5 Å². The smallest absolute Gasteiger partial charge is 0.335 e. The van der Waals surface area contributed by atoms with Gasteiger partial charge in [-0.25, -0.2) is 9.78 Å². The molecule has 5 nitrogen and oxygen atoms in total. The first-order valence-electron chi connectivity index (χ1n) is 6.49. The largest absolute Gasteiger partial charge is 0.493 e. The fraction of sp³-hybridized carbons (Fsp3) is 0.333. The van der Waals surface area contributed by atoms with Crippen LogP contribution in [0.4, 0.5) is 0 Å². The number of aromatic nitrogens is 1. The Balaban J connectivity index is 2.14. The van der Waals surface area contributed by atoms with Gasteiger partial charge in [0.15, 0.2) is 11.5 Å². The van der Waals surface area contributed by atoms with E-state index in [1.807, 2.05) is 5.38 Å². The molecular weight excluding hydrogens is 290 g/mol. The number of rotatable bonds is 6. The van der Waals surface area contributed by atoms with Crippen LogP contribution in [0.25, 0.3) is 0 Å². The number of hydrogen-bond donors (Lipinski definition) is 1. The Hall–Kier alpha value is -2.08. The maximum atomic E-state index is 11.0. The molecule has 0 saturated carbocycles. The monoisotopic (exact) mass is 307 g/mol. The van der Waals surface area contributed by atoms with Gasteiger partial charge in [-0.05, 0) is 18.2 Å². The lowest BCUT2D eigenvalue weighted by Crippen LogP contribution is -2.02. The molecule has 0 aliphatic rings. The molecule has 21 heavy (non-hydrogen) atoms. The van der Waals surface area contributed by atoms with Crippen molar-refractivity contribution in [1.82, 2.24) is 4.98 Å². The van der Waals surface area contributed by atoms with E-state index in [1.54, 1.807) is 17.4 Å². The molecule has 2 rings (SSSR count). The molecule has 1 aromatic heterocycles. The van der Waals surface area contributed by atoms with Crippen molar-refractivity contribution in [2.45, 2.75) is 26.4 Å². The summed E-state index contributed by atoms with van der Waals surface area (Å²) >= 11 is 1.59. The zero-order valence-electron chi connectivity index (χ0n) is 12.1. The highest BCUT2D eigenvalue weighted by Crippen LogP contribution is 2.29. The number of methoxy groups -OCH3 is 1. The van der Waals surface area contributed by atoms with Crippen molar-refractivity contribution in [2.75, 3.05) is 7.11 Å². The van der Waals surface area contributed by atoms with Crippen LogP contribution < -0.4 is 9.47 Å². The van der Waals surface area contributed by atoms with E-state index in [4.69, 9.17) is 14.6 Å². The van der Waals surface area contributed by atoms with Crippen LogP contribution in [0.3, 0.4) is 0 Å². The highest BCUT2D eigenvalue weighted by Gasteiger charge is 2.12. The van der Waals surface area contributed by atoms with E-state index in [2.05, 4.69) is 18.8 Å². The Labute approximate surface area is 127 Å². The van der Waals surface area contributed by atoms with E-state index in [1.165, 1.54) is 19.2 Å². The van der Waals surface area contributed by atoms with Crippen molar-refractivity contribution in [3.05, 3.63) is 39.8 Å². The van der Waals surface area contributed by atoms with Gasteiger partial charge in [-0.1, -0.05) is 13.8 Å². The number of nitrogens with zero attached hydrogens (tertiary/aromatic N) is 1. The molecule has 0 spiro atoms. The maximum absolute atomic E-state index is 11.0. The van der Waals surface area contributed by atoms with Crippen LogP contribution in [0.5, 0.6) is 11.5 Å². The van der Waals surface area contributed by atoms with Crippen molar-refractivity contribution < 1.29 is 19.4 Å². The van der Waals surface area contributed by atoms with Crippen LogP contribution in [0, 0.1) is 0 Å². The van der Waals surface area contributed by atoms with E-state index >= 15 is 0 Å². The fourth-order valence-electron chi connectivity index (χ4n) is 1.73. The summed E-state index contributed by atoms with van der Waals surface area (Å²) in [6.45, 7) is 4.45. The van der Waals surface area contributed by atoms with Crippen molar-refractivity contribution in [1.29, 1.82) is 0 Å². The summed E-state index contributed by atoms with van der Waals surface area (Å²) in [5.41, 5.74) is 0.985. The Morgan fingerprint density at radius 3 is 2.71 bits per heavy atom. The molecule has 1 N–H and O–H groups in total. The molecule has 0 aliphatic heterocycles. The minimum atomic E-state index is -1.00. The highest BCUT2D eigenvalue weighted by atomic mass is 32.1. The lowest BCUT2D eigenvalue weighted by molar-refractivity contribution is 0.0696. The average molecular weight is 307 g/mol. The van der Waals surface area contributed by atoms with Gasteiger partial charge in [0.05, 0.1) is 23.4 Å². The maximum Gasteiger partial charge on any atom is 0.335 e. The fourth-order valence-corrected chi connectivity index (χ4v) is 2.55. The molecule has 0 amide bonds. The predicted molar refractivity (Wildman–Crippen MR) is 80.5 cm³/mol. The third-order valence-electron chi connectivity index (χ3n) is 2.85. The van der Waals surface area contributed by atoms with Gasteiger partial charge < -0.3 is 14.6 Å². The number of ether oxygens (including phenoxy) is 2. The third kappa shape index (κ3) is 3.72. The molecule has 0 aliphatic carbocycles. The normalized spacial score (nSPS) is 10.7. The molecule has 0 fully saturated rings. The Morgan fingerprint density at radius 1 is 1.38 bits per heavy atom. The standard InChI is InChI=1S/C15H17NO4S/c1-9(2)14-16-11(8-21-14)7-20-13-6-10(15(17)18)4-5-12(13)19-3/h4-6,8-9H,7H2,1-3H3,(H,17,18). The lowest BCUT2D eigenvalue weighted by atomic mass is 10.2. The molecule has 1 aromatic carbocycles. The van der Waals surface area contributed by atoms with Crippen LogP contribution in [0.15, 0.2) is 23.6 Å². The number of thiazole rings is 1. The lowest BCUT2D eigenvalue weighted by Gasteiger charge is -2.10. The van der Waals surface area contributed by atoms with Crippen LogP contribution in [0.1, 0.15) is 40.8 Å². The van der Waals surface area contributed by atoms with Crippen molar-refractivity contribution in [3.63, 3.8) is 0 Å². The molecule has 0 radical (unpaired) electrons. The van der Waals surface area contributed by atoms with E-state index in [0.717, 1.165) is 10.7 Å². The second-order valence-electron chi connectivity index (χ2n) is 4.79.